The highest BCUT2D eigenvalue weighted by molar-refractivity contribution is 5.77. The fraction of sp³-hybridized carbons (Fsp3) is 0.500. The number of hydrogen-bond acceptors (Lipinski definition) is 6. The van der Waals surface area contributed by atoms with Crippen molar-refractivity contribution in [3.63, 3.8) is 0 Å². The van der Waals surface area contributed by atoms with Crippen molar-refractivity contribution in [2.45, 2.75) is 52.0 Å². The van der Waals surface area contributed by atoms with Gasteiger partial charge < -0.3 is 9.47 Å². The van der Waals surface area contributed by atoms with Crippen LogP contribution >= 0.6 is 0 Å². The summed E-state index contributed by atoms with van der Waals surface area (Å²) in [5, 5.41) is 0. The van der Waals surface area contributed by atoms with E-state index in [1.165, 1.54) is 0 Å². The Labute approximate surface area is 204 Å². The molecule has 0 aliphatic rings. The minimum absolute atomic E-state index is 0.0516. The number of likely N-dealkylation sites (N-methyl/N-ethyl adjacent to an activating group) is 2. The molecule has 0 heterocycles. The van der Waals surface area contributed by atoms with E-state index in [0.29, 0.717) is 0 Å². The van der Waals surface area contributed by atoms with Gasteiger partial charge in [-0.15, -0.1) is 0 Å². The molecule has 0 unspecified atom stereocenters. The van der Waals surface area contributed by atoms with Crippen molar-refractivity contribution in [3.8, 4) is 0 Å². The van der Waals surface area contributed by atoms with E-state index >= 15 is 0 Å². The zero-order valence-corrected chi connectivity index (χ0v) is 21.8. The Morgan fingerprint density at radius 2 is 0.882 bits per heavy atom. The highest BCUT2D eigenvalue weighted by atomic mass is 16.6. The molecular formula is C28H40N2O4. The SMILES string of the molecule is CC(C)[C@@H](C(=O)O[C@@H](c1ccccc1)[C@@H](OC(=O)[C@H](C(C)C)N(C)C)c1ccccc1)N(C)C. The molecule has 0 bridgehead atoms. The van der Waals surface area contributed by atoms with Crippen LogP contribution < -0.4 is 0 Å². The lowest BCUT2D eigenvalue weighted by atomic mass is 9.96. The monoisotopic (exact) mass is 468 g/mol. The van der Waals surface area contributed by atoms with Gasteiger partial charge in [-0.1, -0.05) is 88.4 Å². The minimum Gasteiger partial charge on any atom is -0.452 e. The summed E-state index contributed by atoms with van der Waals surface area (Å²) in [6, 6.07) is 18.1. The van der Waals surface area contributed by atoms with Gasteiger partial charge in [-0.25, -0.2) is 0 Å². The summed E-state index contributed by atoms with van der Waals surface area (Å²) in [4.78, 5) is 30.5. The van der Waals surface area contributed by atoms with Gasteiger partial charge in [0, 0.05) is 0 Å². The third kappa shape index (κ3) is 7.15. The van der Waals surface area contributed by atoms with E-state index in [-0.39, 0.29) is 23.8 Å². The first-order chi connectivity index (χ1) is 16.0. The third-order valence-electron chi connectivity index (χ3n) is 5.88. The molecule has 0 aromatic heterocycles. The van der Waals surface area contributed by atoms with E-state index in [1.807, 2.05) is 126 Å². The molecular weight excluding hydrogens is 428 g/mol. The third-order valence-corrected chi connectivity index (χ3v) is 5.88. The van der Waals surface area contributed by atoms with Crippen LogP contribution in [0, 0.1) is 11.8 Å². The van der Waals surface area contributed by atoms with Crippen LogP contribution in [0.4, 0.5) is 0 Å². The van der Waals surface area contributed by atoms with Gasteiger partial charge >= 0.3 is 11.9 Å². The first kappa shape index (κ1) is 27.5. The Bertz CT molecular complexity index is 806. The zero-order chi connectivity index (χ0) is 25.4. The number of carbonyl (C=O) groups excluding carboxylic acids is 2. The van der Waals surface area contributed by atoms with Crippen molar-refractivity contribution in [1.82, 2.24) is 9.80 Å². The van der Waals surface area contributed by atoms with Crippen molar-refractivity contribution >= 4 is 11.9 Å². The molecule has 0 aliphatic heterocycles. The lowest BCUT2D eigenvalue weighted by Gasteiger charge is -2.34. The number of ether oxygens (including phenoxy) is 2. The minimum atomic E-state index is -0.795. The smallest absolute Gasteiger partial charge is 0.324 e. The van der Waals surface area contributed by atoms with Crippen LogP contribution in [0.3, 0.4) is 0 Å². The molecule has 0 aliphatic carbocycles. The van der Waals surface area contributed by atoms with E-state index in [0.717, 1.165) is 11.1 Å². The number of esters is 2. The lowest BCUT2D eigenvalue weighted by Crippen LogP contribution is -2.43. The fourth-order valence-corrected chi connectivity index (χ4v) is 4.44. The van der Waals surface area contributed by atoms with E-state index in [1.54, 1.807) is 0 Å². The van der Waals surface area contributed by atoms with Crippen LogP contribution in [0.2, 0.25) is 0 Å². The quantitative estimate of drug-likeness (QED) is 0.445. The van der Waals surface area contributed by atoms with Crippen molar-refractivity contribution in [1.29, 1.82) is 0 Å². The summed E-state index contributed by atoms with van der Waals surface area (Å²) < 4.78 is 12.3. The predicted molar refractivity (Wildman–Crippen MR) is 135 cm³/mol. The Hall–Kier alpha value is -2.70. The Balaban J connectivity index is 2.54. The molecule has 0 saturated carbocycles. The molecule has 186 valence electrons. The Kier molecular flexibility index (Phi) is 10.3. The molecule has 0 radical (unpaired) electrons. The summed E-state index contributed by atoms with van der Waals surface area (Å²) in [6.45, 7) is 7.95. The Morgan fingerprint density at radius 3 is 1.12 bits per heavy atom. The van der Waals surface area contributed by atoms with Crippen LogP contribution in [0.5, 0.6) is 0 Å². The number of nitrogens with zero attached hydrogens (tertiary/aromatic N) is 2. The molecule has 6 heteroatoms. The number of hydrogen-bond donors (Lipinski definition) is 0. The number of rotatable bonds is 11. The highest BCUT2D eigenvalue weighted by Crippen LogP contribution is 2.37. The van der Waals surface area contributed by atoms with Gasteiger partial charge in [0.2, 0.25) is 0 Å². The molecule has 0 amide bonds. The maximum Gasteiger partial charge on any atom is 0.324 e. The second kappa shape index (κ2) is 12.7. The second-order valence-corrected chi connectivity index (χ2v) is 9.84. The van der Waals surface area contributed by atoms with E-state index < -0.39 is 24.3 Å². The van der Waals surface area contributed by atoms with Crippen molar-refractivity contribution in [2.75, 3.05) is 28.2 Å². The average molecular weight is 469 g/mol. The van der Waals surface area contributed by atoms with E-state index in [4.69, 9.17) is 9.47 Å². The van der Waals surface area contributed by atoms with E-state index in [9.17, 15) is 9.59 Å². The van der Waals surface area contributed by atoms with Gasteiger partial charge in [0.25, 0.3) is 0 Å². The molecule has 6 nitrogen and oxygen atoms in total. The highest BCUT2D eigenvalue weighted by Gasteiger charge is 2.37. The summed E-state index contributed by atoms with van der Waals surface area (Å²) in [6.07, 6.45) is -1.59. The predicted octanol–water partition coefficient (Wildman–Crippen LogP) is 4.73. The van der Waals surface area contributed by atoms with Gasteiger partial charge in [0.15, 0.2) is 12.2 Å². The molecule has 2 aromatic rings. The van der Waals surface area contributed by atoms with Crippen molar-refractivity contribution < 1.29 is 19.1 Å². The normalized spacial score (nSPS) is 15.3. The van der Waals surface area contributed by atoms with Crippen LogP contribution in [-0.4, -0.2) is 62.0 Å². The zero-order valence-electron chi connectivity index (χ0n) is 21.8. The fourth-order valence-electron chi connectivity index (χ4n) is 4.44. The van der Waals surface area contributed by atoms with Crippen LogP contribution in [0.15, 0.2) is 60.7 Å². The van der Waals surface area contributed by atoms with Gasteiger partial charge in [-0.2, -0.15) is 0 Å². The van der Waals surface area contributed by atoms with Gasteiger partial charge in [-0.05, 0) is 51.2 Å². The first-order valence-electron chi connectivity index (χ1n) is 11.9. The Morgan fingerprint density at radius 1 is 0.588 bits per heavy atom. The lowest BCUT2D eigenvalue weighted by molar-refractivity contribution is -0.177. The van der Waals surface area contributed by atoms with Gasteiger partial charge in [0.05, 0.1) is 0 Å². The van der Waals surface area contributed by atoms with Crippen molar-refractivity contribution in [2.24, 2.45) is 11.8 Å². The van der Waals surface area contributed by atoms with Crippen LogP contribution in [-0.2, 0) is 19.1 Å². The standard InChI is InChI=1S/C28H40N2O4/c1-19(2)23(29(5)6)27(31)33-25(21-15-11-9-12-16-21)26(22-17-13-10-14-18-22)34-28(32)24(20(3)4)30(7)8/h9-20,23-26H,1-8H3/t23-,24-,25-,26-/m0/s1. The molecule has 2 aromatic carbocycles. The molecule has 4 atom stereocenters. The van der Waals surface area contributed by atoms with Crippen LogP contribution in [0.25, 0.3) is 0 Å². The number of carbonyl (C=O) groups is 2. The van der Waals surface area contributed by atoms with Crippen LogP contribution in [0.1, 0.15) is 51.0 Å². The maximum atomic E-state index is 13.4. The summed E-state index contributed by atoms with van der Waals surface area (Å²) in [7, 11) is 7.45. The van der Waals surface area contributed by atoms with Crippen molar-refractivity contribution in [3.05, 3.63) is 71.8 Å². The summed E-state index contributed by atoms with van der Waals surface area (Å²) >= 11 is 0. The molecule has 0 saturated heterocycles. The summed E-state index contributed by atoms with van der Waals surface area (Å²) in [5.74, 6) is -0.593. The van der Waals surface area contributed by atoms with Gasteiger partial charge in [-0.3, -0.25) is 19.4 Å². The first-order valence-corrected chi connectivity index (χ1v) is 11.9. The topological polar surface area (TPSA) is 59.1 Å². The van der Waals surface area contributed by atoms with E-state index in [2.05, 4.69) is 0 Å². The average Bonchev–Trinajstić information content (AvgIpc) is 2.76. The maximum absolute atomic E-state index is 13.4. The molecule has 2 rings (SSSR count). The molecule has 0 spiro atoms. The molecule has 0 fully saturated rings. The molecule has 0 N–H and O–H groups in total. The summed E-state index contributed by atoms with van der Waals surface area (Å²) in [5.41, 5.74) is 1.54. The second-order valence-electron chi connectivity index (χ2n) is 9.84. The van der Waals surface area contributed by atoms with Gasteiger partial charge in [0.1, 0.15) is 12.1 Å². The largest absolute Gasteiger partial charge is 0.452 e. The number of benzene rings is 2. The molecule has 34 heavy (non-hydrogen) atoms.